The van der Waals surface area contributed by atoms with E-state index in [9.17, 15) is 14.4 Å². The van der Waals surface area contributed by atoms with Crippen molar-refractivity contribution < 1.29 is 19.1 Å². The standard InChI is InChI=1S/C27H32BrN7O4/c1-2-39-26(37)18-34-17-21(31-32-34)16-33(15-19-9-11-20(29)12-10-19)27(38)30-14-25(36)35-13-5-8-24(35)22-6-3-4-7-23(22)28/h3-4,6-7,9-12,17,24H,2,5,8,13-16,18,29H2,1H3,(H,30,38). The van der Waals surface area contributed by atoms with E-state index in [-0.39, 0.29) is 44.7 Å². The van der Waals surface area contributed by atoms with Gasteiger partial charge < -0.3 is 25.6 Å². The largest absolute Gasteiger partial charge is 0.465 e. The molecule has 1 unspecified atom stereocenters. The molecule has 0 saturated carbocycles. The Hall–Kier alpha value is -3.93. The Morgan fingerprint density at radius 1 is 1.15 bits per heavy atom. The first kappa shape index (κ1) is 28.1. The van der Waals surface area contributed by atoms with Gasteiger partial charge in [-0.1, -0.05) is 51.5 Å². The summed E-state index contributed by atoms with van der Waals surface area (Å²) in [6, 6.07) is 14.6. The normalized spacial score (nSPS) is 14.7. The molecule has 1 fully saturated rings. The number of carbonyl (C=O) groups is 3. The number of hydrogen-bond acceptors (Lipinski definition) is 7. The highest BCUT2D eigenvalue weighted by Gasteiger charge is 2.31. The lowest BCUT2D eigenvalue weighted by atomic mass is 10.0. The van der Waals surface area contributed by atoms with Crippen LogP contribution in [0.25, 0.3) is 0 Å². The first-order valence-corrected chi connectivity index (χ1v) is 13.6. The molecule has 1 atom stereocenters. The van der Waals surface area contributed by atoms with Gasteiger partial charge in [-0.15, -0.1) is 5.10 Å². The number of anilines is 1. The maximum absolute atomic E-state index is 13.3. The summed E-state index contributed by atoms with van der Waals surface area (Å²) in [4.78, 5) is 41.6. The minimum absolute atomic E-state index is 0.0368. The van der Waals surface area contributed by atoms with E-state index < -0.39 is 12.0 Å². The molecule has 1 saturated heterocycles. The summed E-state index contributed by atoms with van der Waals surface area (Å²) in [6.45, 7) is 2.81. The van der Waals surface area contributed by atoms with Crippen LogP contribution in [0.2, 0.25) is 0 Å². The average Bonchev–Trinajstić information content (AvgIpc) is 3.58. The summed E-state index contributed by atoms with van der Waals surface area (Å²) in [7, 11) is 0. The molecule has 3 aromatic rings. The van der Waals surface area contributed by atoms with Crippen LogP contribution in [-0.2, 0) is 34.0 Å². The van der Waals surface area contributed by atoms with Crippen molar-refractivity contribution in [2.45, 2.75) is 45.4 Å². The van der Waals surface area contributed by atoms with Crippen LogP contribution in [0.1, 0.15) is 42.6 Å². The van der Waals surface area contributed by atoms with Crippen molar-refractivity contribution in [2.75, 3.05) is 25.4 Å². The predicted molar refractivity (Wildman–Crippen MR) is 148 cm³/mol. The lowest BCUT2D eigenvalue weighted by Crippen LogP contribution is -2.45. The van der Waals surface area contributed by atoms with Gasteiger partial charge in [0.25, 0.3) is 0 Å². The topological polar surface area (TPSA) is 136 Å². The van der Waals surface area contributed by atoms with Crippen molar-refractivity contribution >= 4 is 39.5 Å². The molecule has 0 spiro atoms. The van der Waals surface area contributed by atoms with E-state index in [1.165, 1.54) is 9.58 Å². The lowest BCUT2D eigenvalue weighted by molar-refractivity contribution is -0.144. The third-order valence-corrected chi connectivity index (χ3v) is 7.13. The van der Waals surface area contributed by atoms with Crippen molar-refractivity contribution in [3.05, 3.63) is 76.0 Å². The van der Waals surface area contributed by atoms with Crippen LogP contribution >= 0.6 is 15.9 Å². The Kier molecular flexibility index (Phi) is 9.53. The number of carbonyl (C=O) groups excluding carboxylic acids is 3. The molecule has 39 heavy (non-hydrogen) atoms. The molecule has 0 bridgehead atoms. The van der Waals surface area contributed by atoms with Crippen LogP contribution in [0.4, 0.5) is 10.5 Å². The molecule has 206 valence electrons. The number of nitrogens with zero attached hydrogens (tertiary/aromatic N) is 5. The number of esters is 1. The highest BCUT2D eigenvalue weighted by molar-refractivity contribution is 9.10. The third-order valence-electron chi connectivity index (χ3n) is 6.40. The fraction of sp³-hybridized carbons (Fsp3) is 0.370. The van der Waals surface area contributed by atoms with Crippen molar-refractivity contribution in [2.24, 2.45) is 0 Å². The molecule has 3 amide bonds. The van der Waals surface area contributed by atoms with E-state index >= 15 is 0 Å². The zero-order valence-electron chi connectivity index (χ0n) is 21.8. The van der Waals surface area contributed by atoms with Gasteiger partial charge in [-0.2, -0.15) is 0 Å². The van der Waals surface area contributed by atoms with Gasteiger partial charge in [0.15, 0.2) is 0 Å². The van der Waals surface area contributed by atoms with E-state index in [0.717, 1.165) is 28.4 Å². The van der Waals surface area contributed by atoms with Gasteiger partial charge in [-0.05, 0) is 49.1 Å². The van der Waals surface area contributed by atoms with Crippen molar-refractivity contribution in [3.63, 3.8) is 0 Å². The van der Waals surface area contributed by atoms with Crippen LogP contribution < -0.4 is 11.1 Å². The Morgan fingerprint density at radius 2 is 1.92 bits per heavy atom. The molecule has 3 N–H and O–H groups in total. The summed E-state index contributed by atoms with van der Waals surface area (Å²) in [5.74, 6) is -0.568. The monoisotopic (exact) mass is 597 g/mol. The number of aromatic nitrogens is 3. The number of benzene rings is 2. The van der Waals surface area contributed by atoms with E-state index in [0.29, 0.717) is 17.9 Å². The summed E-state index contributed by atoms with van der Waals surface area (Å²) in [6.07, 6.45) is 3.36. The van der Waals surface area contributed by atoms with Gasteiger partial charge in [0.05, 0.1) is 31.9 Å². The Morgan fingerprint density at radius 3 is 2.67 bits per heavy atom. The van der Waals surface area contributed by atoms with Gasteiger partial charge in [0.2, 0.25) is 5.91 Å². The number of amides is 3. The smallest absolute Gasteiger partial charge is 0.327 e. The summed E-state index contributed by atoms with van der Waals surface area (Å²) < 4.78 is 7.28. The maximum atomic E-state index is 13.3. The predicted octanol–water partition coefficient (Wildman–Crippen LogP) is 3.26. The van der Waals surface area contributed by atoms with Crippen LogP contribution in [0.3, 0.4) is 0 Å². The maximum Gasteiger partial charge on any atom is 0.327 e. The second kappa shape index (κ2) is 13.2. The number of likely N-dealkylation sites (tertiary alicyclic amines) is 1. The van der Waals surface area contributed by atoms with Crippen molar-refractivity contribution in [1.82, 2.24) is 30.1 Å². The van der Waals surface area contributed by atoms with Gasteiger partial charge in [-0.25, -0.2) is 9.48 Å². The van der Waals surface area contributed by atoms with Gasteiger partial charge >= 0.3 is 12.0 Å². The fourth-order valence-corrected chi connectivity index (χ4v) is 5.11. The van der Waals surface area contributed by atoms with Gasteiger partial charge in [0.1, 0.15) is 12.2 Å². The van der Waals surface area contributed by atoms with Crippen LogP contribution in [-0.4, -0.2) is 62.4 Å². The number of nitrogens with two attached hydrogens (primary N) is 1. The first-order chi connectivity index (χ1) is 18.8. The highest BCUT2D eigenvalue weighted by atomic mass is 79.9. The molecule has 0 radical (unpaired) electrons. The third kappa shape index (κ3) is 7.56. The quantitative estimate of drug-likeness (QED) is 0.270. The van der Waals surface area contributed by atoms with Crippen LogP contribution in [0.15, 0.2) is 59.2 Å². The molecule has 4 rings (SSSR count). The number of urea groups is 1. The molecular formula is C27H32BrN7O4. The highest BCUT2D eigenvalue weighted by Crippen LogP contribution is 2.35. The number of halogens is 1. The number of ether oxygens (including phenoxy) is 1. The SMILES string of the molecule is CCOC(=O)Cn1cc(CN(Cc2ccc(N)cc2)C(=O)NCC(=O)N2CCCC2c2ccccc2Br)nn1. The Bertz CT molecular complexity index is 1300. The molecular weight excluding hydrogens is 566 g/mol. The van der Waals surface area contributed by atoms with E-state index in [4.69, 9.17) is 10.5 Å². The molecule has 1 aliphatic heterocycles. The molecule has 11 nitrogen and oxygen atoms in total. The number of nitrogen functional groups attached to an aromatic ring is 1. The second-order valence-corrected chi connectivity index (χ2v) is 10.1. The van der Waals surface area contributed by atoms with Gasteiger partial charge in [-0.3, -0.25) is 9.59 Å². The van der Waals surface area contributed by atoms with Crippen molar-refractivity contribution in [1.29, 1.82) is 0 Å². The van der Waals surface area contributed by atoms with Gasteiger partial charge in [0, 0.05) is 23.2 Å². The summed E-state index contributed by atoms with van der Waals surface area (Å²) in [5, 5.41) is 10.9. The summed E-state index contributed by atoms with van der Waals surface area (Å²) >= 11 is 3.59. The summed E-state index contributed by atoms with van der Waals surface area (Å²) in [5.41, 5.74) is 8.84. The zero-order chi connectivity index (χ0) is 27.8. The van der Waals surface area contributed by atoms with E-state index in [1.807, 2.05) is 41.3 Å². The molecule has 1 aromatic heterocycles. The van der Waals surface area contributed by atoms with E-state index in [1.54, 1.807) is 25.3 Å². The molecule has 12 heteroatoms. The second-order valence-electron chi connectivity index (χ2n) is 9.24. The minimum atomic E-state index is -0.424. The Balaban J connectivity index is 1.42. The first-order valence-electron chi connectivity index (χ1n) is 12.8. The Labute approximate surface area is 235 Å². The van der Waals surface area contributed by atoms with Crippen LogP contribution in [0.5, 0.6) is 0 Å². The molecule has 2 heterocycles. The molecule has 1 aliphatic rings. The number of rotatable bonds is 10. The molecule has 0 aliphatic carbocycles. The molecule has 2 aromatic carbocycles. The lowest BCUT2D eigenvalue weighted by Gasteiger charge is -2.27. The zero-order valence-corrected chi connectivity index (χ0v) is 23.3. The average molecular weight is 599 g/mol. The number of nitrogens with one attached hydrogen (secondary N) is 1. The van der Waals surface area contributed by atoms with E-state index in [2.05, 4.69) is 31.6 Å². The van der Waals surface area contributed by atoms with Crippen molar-refractivity contribution in [3.8, 4) is 0 Å². The minimum Gasteiger partial charge on any atom is -0.465 e. The fourth-order valence-electron chi connectivity index (χ4n) is 4.56. The number of hydrogen-bond donors (Lipinski definition) is 2. The van der Waals surface area contributed by atoms with Crippen LogP contribution in [0, 0.1) is 0 Å².